The molecule has 2 aromatic heterocycles. The molecule has 0 atom stereocenters. The molecule has 18 heavy (non-hydrogen) atoms. The highest BCUT2D eigenvalue weighted by atomic mass is 32.2. The summed E-state index contributed by atoms with van der Waals surface area (Å²) in [6.07, 6.45) is 5.51. The maximum absolute atomic E-state index is 10.5. The first-order valence-corrected chi connectivity index (χ1v) is 7.74. The van der Waals surface area contributed by atoms with Crippen LogP contribution in [0.25, 0.3) is 10.6 Å². The molecular weight excluding hydrogens is 274 g/mol. The molecule has 0 saturated carbocycles. The average Bonchev–Trinajstić information content (AvgIpc) is 2.82. The molecule has 2 heterocycles. The summed E-state index contributed by atoms with van der Waals surface area (Å²) in [6, 6.07) is 1.87. The molecular formula is C10H12N3O3S2+. The molecule has 6 nitrogen and oxygen atoms in total. The topological polar surface area (TPSA) is 84.0 Å². The molecule has 0 aliphatic rings. The summed E-state index contributed by atoms with van der Waals surface area (Å²) in [6.45, 7) is 0.442. The molecule has 0 radical (unpaired) electrons. The van der Waals surface area contributed by atoms with E-state index in [4.69, 9.17) is 4.55 Å². The molecule has 0 unspecified atom stereocenters. The SMILES string of the molecule is O=S(=O)(O)CCC[n+]1ccc(-c2nccs2)cn1. The second-order valence-corrected chi connectivity index (χ2v) is 6.12. The van der Waals surface area contributed by atoms with Crippen LogP contribution in [0, 0.1) is 0 Å². The number of hydrogen-bond acceptors (Lipinski definition) is 5. The van der Waals surface area contributed by atoms with Gasteiger partial charge in [-0.25, -0.2) is 4.98 Å². The zero-order valence-electron chi connectivity index (χ0n) is 9.43. The summed E-state index contributed by atoms with van der Waals surface area (Å²) in [5.41, 5.74) is 0.927. The van der Waals surface area contributed by atoms with Gasteiger partial charge in [-0.1, -0.05) is 4.68 Å². The van der Waals surface area contributed by atoms with Gasteiger partial charge >= 0.3 is 0 Å². The van der Waals surface area contributed by atoms with Crippen LogP contribution >= 0.6 is 11.3 Å². The molecule has 0 bridgehead atoms. The van der Waals surface area contributed by atoms with E-state index in [1.165, 1.54) is 11.3 Å². The first-order valence-electron chi connectivity index (χ1n) is 5.25. The van der Waals surface area contributed by atoms with Crippen molar-refractivity contribution in [3.8, 4) is 10.6 Å². The minimum Gasteiger partial charge on any atom is -0.286 e. The Kier molecular flexibility index (Phi) is 4.00. The van der Waals surface area contributed by atoms with Crippen LogP contribution in [0.1, 0.15) is 6.42 Å². The first kappa shape index (κ1) is 13.1. The van der Waals surface area contributed by atoms with Crippen LogP contribution < -0.4 is 4.68 Å². The molecule has 0 aliphatic carbocycles. The largest absolute Gasteiger partial charge is 0.286 e. The summed E-state index contributed by atoms with van der Waals surface area (Å²) in [5, 5.41) is 6.95. The maximum Gasteiger partial charge on any atom is 0.265 e. The van der Waals surface area contributed by atoms with E-state index in [2.05, 4.69) is 10.1 Å². The van der Waals surface area contributed by atoms with Crippen LogP contribution in [0.3, 0.4) is 0 Å². The Morgan fingerprint density at radius 1 is 1.44 bits per heavy atom. The Morgan fingerprint density at radius 2 is 2.28 bits per heavy atom. The van der Waals surface area contributed by atoms with Gasteiger partial charge in [0.25, 0.3) is 10.1 Å². The van der Waals surface area contributed by atoms with E-state index in [-0.39, 0.29) is 5.75 Å². The zero-order valence-corrected chi connectivity index (χ0v) is 11.1. The molecule has 0 aromatic carbocycles. The number of thiazole rings is 1. The lowest BCUT2D eigenvalue weighted by Crippen LogP contribution is -2.38. The van der Waals surface area contributed by atoms with E-state index in [0.717, 1.165) is 10.6 Å². The average molecular weight is 286 g/mol. The molecule has 8 heteroatoms. The second-order valence-electron chi connectivity index (χ2n) is 3.66. The van der Waals surface area contributed by atoms with Gasteiger partial charge in [-0.15, -0.1) is 11.3 Å². The molecule has 0 amide bonds. The van der Waals surface area contributed by atoms with Crippen molar-refractivity contribution in [1.82, 2.24) is 10.1 Å². The van der Waals surface area contributed by atoms with Gasteiger partial charge in [-0.05, 0) is 5.10 Å². The molecule has 0 aliphatic heterocycles. The van der Waals surface area contributed by atoms with Crippen molar-refractivity contribution in [2.75, 3.05) is 5.75 Å². The van der Waals surface area contributed by atoms with Gasteiger partial charge in [0.05, 0.1) is 5.75 Å². The van der Waals surface area contributed by atoms with Crippen molar-refractivity contribution < 1.29 is 17.7 Å². The molecule has 0 fully saturated rings. The Bertz CT molecular complexity index is 594. The Labute approximate surface area is 109 Å². The van der Waals surface area contributed by atoms with Crippen LogP contribution in [-0.2, 0) is 16.7 Å². The zero-order chi connectivity index (χ0) is 13.0. The first-order chi connectivity index (χ1) is 8.54. The van der Waals surface area contributed by atoms with Crippen molar-refractivity contribution in [1.29, 1.82) is 0 Å². The Balaban J connectivity index is 1.96. The summed E-state index contributed by atoms with van der Waals surface area (Å²) in [4.78, 5) is 4.17. The van der Waals surface area contributed by atoms with E-state index in [1.807, 2.05) is 11.4 Å². The normalized spacial score (nSPS) is 11.6. The number of hydrogen-bond donors (Lipinski definition) is 1. The lowest BCUT2D eigenvalue weighted by molar-refractivity contribution is -0.753. The third-order valence-electron chi connectivity index (χ3n) is 2.24. The molecule has 2 aromatic rings. The molecule has 1 N–H and O–H groups in total. The standard InChI is InChI=1S/C10H11N3O3S2/c14-18(15,16)7-1-4-13-5-2-9(8-12-13)10-11-3-6-17-10/h2-3,5-6,8H,1,4,7H2/p+1. The highest BCUT2D eigenvalue weighted by Crippen LogP contribution is 2.18. The third-order valence-corrected chi connectivity index (χ3v) is 3.87. The van der Waals surface area contributed by atoms with Crippen LogP contribution in [0.5, 0.6) is 0 Å². The monoisotopic (exact) mass is 286 g/mol. The molecule has 96 valence electrons. The maximum atomic E-state index is 10.5. The molecule has 0 saturated heterocycles. The Hall–Kier alpha value is -1.38. The van der Waals surface area contributed by atoms with Gasteiger partial charge in [0.15, 0.2) is 12.7 Å². The summed E-state index contributed by atoms with van der Waals surface area (Å²) < 4.78 is 31.3. The van der Waals surface area contributed by atoms with Crippen LogP contribution in [0.4, 0.5) is 0 Å². The van der Waals surface area contributed by atoms with Crippen LogP contribution in [0.2, 0.25) is 0 Å². The van der Waals surface area contributed by atoms with Crippen molar-refractivity contribution in [2.24, 2.45) is 0 Å². The van der Waals surface area contributed by atoms with Gasteiger partial charge in [0.2, 0.25) is 0 Å². The fourth-order valence-electron chi connectivity index (χ4n) is 1.42. The van der Waals surface area contributed by atoms with E-state index in [9.17, 15) is 8.42 Å². The highest BCUT2D eigenvalue weighted by Gasteiger charge is 2.09. The van der Waals surface area contributed by atoms with Gasteiger partial charge in [0.1, 0.15) is 11.2 Å². The Morgan fingerprint density at radius 3 is 2.83 bits per heavy atom. The molecule has 2 rings (SSSR count). The smallest absolute Gasteiger partial charge is 0.265 e. The fourth-order valence-corrected chi connectivity index (χ4v) is 2.54. The number of nitrogens with zero attached hydrogens (tertiary/aromatic N) is 3. The van der Waals surface area contributed by atoms with Crippen LogP contribution in [-0.4, -0.2) is 28.8 Å². The van der Waals surface area contributed by atoms with E-state index < -0.39 is 10.1 Å². The van der Waals surface area contributed by atoms with Crippen molar-refractivity contribution in [3.63, 3.8) is 0 Å². The summed E-state index contributed by atoms with van der Waals surface area (Å²) in [7, 11) is -3.89. The lowest BCUT2D eigenvalue weighted by atomic mass is 10.3. The summed E-state index contributed by atoms with van der Waals surface area (Å²) >= 11 is 1.53. The second kappa shape index (κ2) is 5.51. The van der Waals surface area contributed by atoms with Crippen molar-refractivity contribution in [2.45, 2.75) is 13.0 Å². The minimum absolute atomic E-state index is 0.254. The fraction of sp³-hybridized carbons (Fsp3) is 0.300. The predicted molar refractivity (Wildman–Crippen MR) is 66.6 cm³/mol. The van der Waals surface area contributed by atoms with Crippen molar-refractivity contribution >= 4 is 21.5 Å². The van der Waals surface area contributed by atoms with Crippen LogP contribution in [0.15, 0.2) is 30.0 Å². The number of aryl methyl sites for hydroxylation is 1. The van der Waals surface area contributed by atoms with E-state index >= 15 is 0 Å². The predicted octanol–water partition coefficient (Wildman–Crippen LogP) is 0.770. The number of rotatable bonds is 5. The third kappa shape index (κ3) is 3.83. The lowest BCUT2D eigenvalue weighted by Gasteiger charge is -1.96. The number of aromatic nitrogens is 3. The summed E-state index contributed by atoms with van der Waals surface area (Å²) in [5.74, 6) is -0.254. The van der Waals surface area contributed by atoms with E-state index in [0.29, 0.717) is 13.0 Å². The van der Waals surface area contributed by atoms with Gasteiger partial charge in [-0.3, -0.25) is 4.55 Å². The molecule has 0 spiro atoms. The quantitative estimate of drug-likeness (QED) is 0.648. The minimum atomic E-state index is -3.89. The van der Waals surface area contributed by atoms with E-state index in [1.54, 1.807) is 23.3 Å². The van der Waals surface area contributed by atoms with Gasteiger partial charge in [0, 0.05) is 29.6 Å². The van der Waals surface area contributed by atoms with Gasteiger partial charge < -0.3 is 0 Å². The van der Waals surface area contributed by atoms with Gasteiger partial charge in [-0.2, -0.15) is 8.42 Å². The van der Waals surface area contributed by atoms with Crippen molar-refractivity contribution in [3.05, 3.63) is 30.0 Å². The highest BCUT2D eigenvalue weighted by molar-refractivity contribution is 7.85.